The van der Waals surface area contributed by atoms with Crippen LogP contribution >= 0.6 is 0 Å². The summed E-state index contributed by atoms with van der Waals surface area (Å²) in [5.74, 6) is -0.0549. The van der Waals surface area contributed by atoms with Gasteiger partial charge < -0.3 is 11.1 Å². The van der Waals surface area contributed by atoms with Gasteiger partial charge in [-0.2, -0.15) is 0 Å². The lowest BCUT2D eigenvalue weighted by Crippen LogP contribution is -2.39. The van der Waals surface area contributed by atoms with Gasteiger partial charge in [0.15, 0.2) is 0 Å². The van der Waals surface area contributed by atoms with E-state index in [1.807, 2.05) is 31.2 Å². The smallest absolute Gasteiger partial charge is 0.241 e. The predicted molar refractivity (Wildman–Crippen MR) is 68.5 cm³/mol. The van der Waals surface area contributed by atoms with E-state index in [0.717, 1.165) is 18.4 Å². The number of carbonyl (C=O) groups excluding carboxylic acids is 1. The van der Waals surface area contributed by atoms with Gasteiger partial charge >= 0.3 is 0 Å². The standard InChI is InChI=1S/C14H20N2O/c1-10-6-8-11(9-7-10)13(15)14(17)16-12-4-2-3-5-12/h6-9,12-13H,2-5,15H2,1H3,(H,16,17). The molecule has 3 nitrogen and oxygen atoms in total. The normalized spacial score (nSPS) is 18.0. The average Bonchev–Trinajstić information content (AvgIpc) is 2.82. The molecule has 0 heterocycles. The summed E-state index contributed by atoms with van der Waals surface area (Å²) in [6, 6.07) is 7.61. The molecule has 0 bridgehead atoms. The molecule has 1 aromatic rings. The predicted octanol–water partition coefficient (Wildman–Crippen LogP) is 2.05. The first-order valence-electron chi connectivity index (χ1n) is 6.29. The number of rotatable bonds is 3. The molecule has 2 rings (SSSR count). The fourth-order valence-electron chi connectivity index (χ4n) is 2.29. The van der Waals surface area contributed by atoms with Crippen LogP contribution in [0.15, 0.2) is 24.3 Å². The Kier molecular flexibility index (Phi) is 3.79. The van der Waals surface area contributed by atoms with Gasteiger partial charge in [0.05, 0.1) is 0 Å². The van der Waals surface area contributed by atoms with Crippen molar-refractivity contribution in [3.63, 3.8) is 0 Å². The molecule has 1 unspecified atom stereocenters. The summed E-state index contributed by atoms with van der Waals surface area (Å²) in [5.41, 5.74) is 8.01. The van der Waals surface area contributed by atoms with E-state index in [0.29, 0.717) is 6.04 Å². The molecule has 0 aromatic heterocycles. The van der Waals surface area contributed by atoms with Crippen LogP contribution in [-0.2, 0) is 4.79 Å². The van der Waals surface area contributed by atoms with Gasteiger partial charge in [0.2, 0.25) is 5.91 Å². The second-order valence-corrected chi connectivity index (χ2v) is 4.88. The van der Waals surface area contributed by atoms with Crippen molar-refractivity contribution in [3.8, 4) is 0 Å². The van der Waals surface area contributed by atoms with Crippen molar-refractivity contribution in [1.82, 2.24) is 5.32 Å². The maximum atomic E-state index is 11.9. The molecule has 0 radical (unpaired) electrons. The molecule has 3 heteroatoms. The Bertz CT molecular complexity index is 380. The summed E-state index contributed by atoms with van der Waals surface area (Å²) in [6.07, 6.45) is 4.61. The molecule has 1 aliphatic carbocycles. The summed E-state index contributed by atoms with van der Waals surface area (Å²) >= 11 is 0. The molecule has 0 spiro atoms. The number of amides is 1. The Balaban J connectivity index is 1.96. The van der Waals surface area contributed by atoms with Gasteiger partial charge in [0.1, 0.15) is 6.04 Å². The van der Waals surface area contributed by atoms with Gasteiger partial charge in [-0.25, -0.2) is 0 Å². The summed E-state index contributed by atoms with van der Waals surface area (Å²) in [5, 5.41) is 3.03. The lowest BCUT2D eigenvalue weighted by atomic mass is 10.0. The maximum absolute atomic E-state index is 11.9. The molecule has 1 aliphatic rings. The summed E-state index contributed by atoms with van der Waals surface area (Å²) in [4.78, 5) is 11.9. The van der Waals surface area contributed by atoms with Crippen molar-refractivity contribution < 1.29 is 4.79 Å². The average molecular weight is 232 g/mol. The topological polar surface area (TPSA) is 55.1 Å². The van der Waals surface area contributed by atoms with Gasteiger partial charge in [-0.15, -0.1) is 0 Å². The van der Waals surface area contributed by atoms with Crippen molar-refractivity contribution in [2.24, 2.45) is 5.73 Å². The van der Waals surface area contributed by atoms with Gasteiger partial charge in [0, 0.05) is 6.04 Å². The largest absolute Gasteiger partial charge is 0.352 e. The molecule has 0 saturated heterocycles. The third-order valence-electron chi connectivity index (χ3n) is 3.42. The molecule has 92 valence electrons. The number of hydrogen-bond donors (Lipinski definition) is 2. The number of nitrogens with one attached hydrogen (secondary N) is 1. The summed E-state index contributed by atoms with van der Waals surface area (Å²) < 4.78 is 0. The minimum Gasteiger partial charge on any atom is -0.352 e. The Morgan fingerprint density at radius 3 is 2.47 bits per heavy atom. The van der Waals surface area contributed by atoms with Crippen LogP contribution in [0.4, 0.5) is 0 Å². The molecule has 1 saturated carbocycles. The molecule has 17 heavy (non-hydrogen) atoms. The first-order chi connectivity index (χ1) is 8.16. The van der Waals surface area contributed by atoms with Crippen molar-refractivity contribution in [2.45, 2.75) is 44.7 Å². The summed E-state index contributed by atoms with van der Waals surface area (Å²) in [6.45, 7) is 2.02. The van der Waals surface area contributed by atoms with E-state index in [2.05, 4.69) is 5.32 Å². The van der Waals surface area contributed by atoms with E-state index in [1.165, 1.54) is 18.4 Å². The molecular weight excluding hydrogens is 212 g/mol. The minimum absolute atomic E-state index is 0.0549. The Hall–Kier alpha value is -1.35. The second-order valence-electron chi connectivity index (χ2n) is 4.88. The number of nitrogens with two attached hydrogens (primary N) is 1. The fraction of sp³-hybridized carbons (Fsp3) is 0.500. The highest BCUT2D eigenvalue weighted by Crippen LogP contribution is 2.19. The molecule has 1 fully saturated rings. The Morgan fingerprint density at radius 2 is 1.88 bits per heavy atom. The van der Waals surface area contributed by atoms with Crippen LogP contribution in [0, 0.1) is 6.92 Å². The monoisotopic (exact) mass is 232 g/mol. The van der Waals surface area contributed by atoms with Crippen LogP contribution in [0.2, 0.25) is 0 Å². The van der Waals surface area contributed by atoms with E-state index in [1.54, 1.807) is 0 Å². The third kappa shape index (κ3) is 3.07. The zero-order chi connectivity index (χ0) is 12.3. The van der Waals surface area contributed by atoms with Gasteiger partial charge in [-0.1, -0.05) is 42.7 Å². The van der Waals surface area contributed by atoms with Crippen LogP contribution in [0.25, 0.3) is 0 Å². The Labute approximate surface area is 102 Å². The summed E-state index contributed by atoms with van der Waals surface area (Å²) in [7, 11) is 0. The highest BCUT2D eigenvalue weighted by Gasteiger charge is 2.21. The molecule has 1 aromatic carbocycles. The van der Waals surface area contributed by atoms with Crippen LogP contribution in [0.1, 0.15) is 42.9 Å². The van der Waals surface area contributed by atoms with Crippen LogP contribution < -0.4 is 11.1 Å². The van der Waals surface area contributed by atoms with E-state index in [-0.39, 0.29) is 5.91 Å². The van der Waals surface area contributed by atoms with Crippen molar-refractivity contribution in [2.75, 3.05) is 0 Å². The Morgan fingerprint density at radius 1 is 1.29 bits per heavy atom. The molecule has 1 atom stereocenters. The number of carbonyl (C=O) groups is 1. The zero-order valence-corrected chi connectivity index (χ0v) is 10.3. The molecular formula is C14H20N2O. The fourth-order valence-corrected chi connectivity index (χ4v) is 2.29. The van der Waals surface area contributed by atoms with Crippen molar-refractivity contribution in [3.05, 3.63) is 35.4 Å². The molecule has 1 amide bonds. The van der Waals surface area contributed by atoms with Crippen LogP contribution in [-0.4, -0.2) is 11.9 Å². The van der Waals surface area contributed by atoms with Gasteiger partial charge in [-0.3, -0.25) is 4.79 Å². The van der Waals surface area contributed by atoms with Gasteiger partial charge in [-0.05, 0) is 25.3 Å². The maximum Gasteiger partial charge on any atom is 0.241 e. The number of aryl methyl sites for hydroxylation is 1. The third-order valence-corrected chi connectivity index (χ3v) is 3.42. The quantitative estimate of drug-likeness (QED) is 0.838. The highest BCUT2D eigenvalue weighted by atomic mass is 16.2. The van der Waals surface area contributed by atoms with E-state index in [4.69, 9.17) is 5.73 Å². The van der Waals surface area contributed by atoms with E-state index in [9.17, 15) is 4.79 Å². The van der Waals surface area contributed by atoms with E-state index < -0.39 is 6.04 Å². The van der Waals surface area contributed by atoms with Crippen LogP contribution in [0.5, 0.6) is 0 Å². The minimum atomic E-state index is -0.545. The first kappa shape index (κ1) is 12.1. The first-order valence-corrected chi connectivity index (χ1v) is 6.29. The van der Waals surface area contributed by atoms with Crippen LogP contribution in [0.3, 0.4) is 0 Å². The van der Waals surface area contributed by atoms with Crippen molar-refractivity contribution >= 4 is 5.91 Å². The van der Waals surface area contributed by atoms with E-state index >= 15 is 0 Å². The van der Waals surface area contributed by atoms with Gasteiger partial charge in [0.25, 0.3) is 0 Å². The van der Waals surface area contributed by atoms with Crippen molar-refractivity contribution in [1.29, 1.82) is 0 Å². The lowest BCUT2D eigenvalue weighted by molar-refractivity contribution is -0.123. The lowest BCUT2D eigenvalue weighted by Gasteiger charge is -2.16. The zero-order valence-electron chi connectivity index (χ0n) is 10.3. The molecule has 0 aliphatic heterocycles. The number of benzene rings is 1. The highest BCUT2D eigenvalue weighted by molar-refractivity contribution is 5.83. The number of hydrogen-bond acceptors (Lipinski definition) is 2. The molecule has 3 N–H and O–H groups in total. The SMILES string of the molecule is Cc1ccc(C(N)C(=O)NC2CCCC2)cc1. The second kappa shape index (κ2) is 5.32.